The van der Waals surface area contributed by atoms with Gasteiger partial charge < -0.3 is 4.74 Å². The molecule has 60 valence electrons. The van der Waals surface area contributed by atoms with Crippen molar-refractivity contribution in [2.75, 3.05) is 6.61 Å². The van der Waals surface area contributed by atoms with Crippen LogP contribution in [0.3, 0.4) is 0 Å². The van der Waals surface area contributed by atoms with Crippen LogP contribution in [-0.4, -0.2) is 17.7 Å². The van der Waals surface area contributed by atoms with Gasteiger partial charge in [0.05, 0.1) is 0 Å². The zero-order chi connectivity index (χ0) is 8.91. The van der Waals surface area contributed by atoms with Crippen molar-refractivity contribution in [2.45, 2.75) is 19.0 Å². The Labute approximate surface area is 67.3 Å². The predicted molar refractivity (Wildman–Crippen MR) is 41.5 cm³/mol. The molecule has 0 aliphatic heterocycles. The van der Waals surface area contributed by atoms with Crippen LogP contribution in [0.25, 0.3) is 0 Å². The van der Waals surface area contributed by atoms with E-state index in [0.29, 0.717) is 0 Å². The summed E-state index contributed by atoms with van der Waals surface area (Å²) in [5.74, 6) is 1.60. The van der Waals surface area contributed by atoms with Gasteiger partial charge in [-0.05, 0) is 13.8 Å². The molecule has 0 heterocycles. The number of carbonyl (C=O) groups excluding carboxylic acids is 1. The second-order valence-electron chi connectivity index (χ2n) is 2.43. The Morgan fingerprint density at radius 1 is 1.73 bits per heavy atom. The highest BCUT2D eigenvalue weighted by molar-refractivity contribution is 7.27. The molecule has 0 atom stereocenters. The number of hydrogen-bond acceptors (Lipinski definition) is 3. The van der Waals surface area contributed by atoms with Crippen molar-refractivity contribution in [1.82, 2.24) is 0 Å². The lowest BCUT2D eigenvalue weighted by molar-refractivity contribution is -0.144. The van der Waals surface area contributed by atoms with Crippen molar-refractivity contribution >= 4 is 14.4 Å². The van der Waals surface area contributed by atoms with Crippen LogP contribution in [0.15, 0.2) is 0 Å². The van der Waals surface area contributed by atoms with E-state index >= 15 is 0 Å². The largest absolute Gasteiger partial charge is 0.452 e. The van der Waals surface area contributed by atoms with Crippen LogP contribution >= 0.6 is 8.46 Å². The Hall–Kier alpha value is -0.870. The van der Waals surface area contributed by atoms with E-state index in [0.717, 1.165) is 0 Å². The van der Waals surface area contributed by atoms with E-state index in [9.17, 15) is 9.36 Å². The van der Waals surface area contributed by atoms with E-state index in [1.165, 1.54) is 13.8 Å². The van der Waals surface area contributed by atoms with Gasteiger partial charge >= 0.3 is 5.97 Å². The number of hydrogen-bond donors (Lipinski definition) is 0. The molecule has 4 heteroatoms. The summed E-state index contributed by atoms with van der Waals surface area (Å²) in [6.07, 6.45) is 4.85. The fourth-order valence-corrected chi connectivity index (χ4v) is 0.460. The molecule has 3 nitrogen and oxygen atoms in total. The molecule has 0 aliphatic carbocycles. The third-order valence-corrected chi connectivity index (χ3v) is 1.65. The van der Waals surface area contributed by atoms with Gasteiger partial charge in [-0.25, -0.2) is 0 Å². The van der Waals surface area contributed by atoms with Crippen LogP contribution in [-0.2, 0) is 14.1 Å². The van der Waals surface area contributed by atoms with Crippen LogP contribution in [0.4, 0.5) is 0 Å². The molecule has 0 spiro atoms. The Balaban J connectivity index is 4.04. The second-order valence-corrected chi connectivity index (χ2v) is 3.73. The first-order chi connectivity index (χ1) is 5.04. The molecule has 0 aliphatic rings. The summed E-state index contributed by atoms with van der Waals surface area (Å²) in [6.45, 7) is 2.96. The fourth-order valence-electron chi connectivity index (χ4n) is 0.321. The molecule has 0 radical (unpaired) electrons. The molecule has 0 amide bonds. The van der Waals surface area contributed by atoms with Crippen molar-refractivity contribution in [3.63, 3.8) is 0 Å². The van der Waals surface area contributed by atoms with Gasteiger partial charge in [-0.2, -0.15) is 0 Å². The van der Waals surface area contributed by atoms with Crippen LogP contribution in [0.2, 0.25) is 0 Å². The Kier molecular flexibility index (Phi) is 3.78. The third-order valence-electron chi connectivity index (χ3n) is 1.01. The van der Waals surface area contributed by atoms with E-state index in [1.807, 2.05) is 0 Å². The summed E-state index contributed by atoms with van der Waals surface area (Å²) in [6, 6.07) is 0. The van der Waals surface area contributed by atoms with E-state index in [2.05, 4.69) is 10.7 Å². The van der Waals surface area contributed by atoms with Crippen LogP contribution in [0.1, 0.15) is 13.8 Å². The van der Waals surface area contributed by atoms with Gasteiger partial charge in [-0.15, -0.1) is 6.42 Å². The minimum absolute atomic E-state index is 0.0716. The molecule has 0 unspecified atom stereocenters. The summed E-state index contributed by atoms with van der Waals surface area (Å²) in [5, 5.41) is -0.989. The minimum Gasteiger partial charge on any atom is -0.452 e. The fraction of sp³-hybridized carbons (Fsp3) is 0.571. The topological polar surface area (TPSA) is 43.4 Å². The Morgan fingerprint density at radius 3 is 2.64 bits per heavy atom. The molecule has 0 N–H and O–H groups in total. The van der Waals surface area contributed by atoms with Crippen molar-refractivity contribution in [3.8, 4) is 12.3 Å². The maximum absolute atomic E-state index is 10.9. The van der Waals surface area contributed by atoms with Crippen molar-refractivity contribution in [1.29, 1.82) is 0 Å². The summed E-state index contributed by atoms with van der Waals surface area (Å²) in [4.78, 5) is 10.9. The van der Waals surface area contributed by atoms with Gasteiger partial charge in [0.25, 0.3) is 0 Å². The quantitative estimate of drug-likeness (QED) is 0.365. The van der Waals surface area contributed by atoms with Crippen LogP contribution in [0.5, 0.6) is 0 Å². The van der Waals surface area contributed by atoms with E-state index in [4.69, 9.17) is 6.42 Å². The number of ether oxygens (including phenoxy) is 1. The lowest BCUT2D eigenvalue weighted by Crippen LogP contribution is -2.27. The normalized spacial score (nSPS) is 10.6. The highest BCUT2D eigenvalue weighted by Crippen LogP contribution is 2.22. The van der Waals surface area contributed by atoms with E-state index in [-0.39, 0.29) is 15.1 Å². The maximum Gasteiger partial charge on any atom is 0.324 e. The lowest BCUT2D eigenvalue weighted by atomic mass is 10.2. The zero-order valence-electron chi connectivity index (χ0n) is 6.46. The summed E-state index contributed by atoms with van der Waals surface area (Å²) in [5.41, 5.74) is 0. The predicted octanol–water partition coefficient (Wildman–Crippen LogP) is 1.23. The van der Waals surface area contributed by atoms with Crippen LogP contribution in [0, 0.1) is 12.3 Å². The van der Waals surface area contributed by atoms with Gasteiger partial charge in [-0.1, -0.05) is 5.92 Å². The lowest BCUT2D eigenvalue weighted by Gasteiger charge is -2.11. The number of terminal acetylenes is 1. The van der Waals surface area contributed by atoms with Gasteiger partial charge in [0, 0.05) is 0 Å². The second kappa shape index (κ2) is 4.10. The van der Waals surface area contributed by atoms with E-state index < -0.39 is 11.1 Å². The monoisotopic (exact) mass is 172 g/mol. The number of rotatable bonds is 3. The third kappa shape index (κ3) is 3.15. The molecule has 0 saturated heterocycles. The van der Waals surface area contributed by atoms with Gasteiger partial charge in [0.2, 0.25) is 0 Å². The molecule has 0 saturated carbocycles. The number of carbonyl (C=O) groups is 1. The summed E-state index contributed by atoms with van der Waals surface area (Å²) in [7, 11) is -0.262. The smallest absolute Gasteiger partial charge is 0.324 e. The first-order valence-electron chi connectivity index (χ1n) is 3.00. The van der Waals surface area contributed by atoms with E-state index in [1.54, 1.807) is 0 Å². The molecule has 0 aromatic rings. The van der Waals surface area contributed by atoms with Gasteiger partial charge in [0.15, 0.2) is 15.1 Å². The molecular weight excluding hydrogens is 163 g/mol. The summed E-state index contributed by atoms with van der Waals surface area (Å²) < 4.78 is 14.9. The van der Waals surface area contributed by atoms with Crippen molar-refractivity contribution in [3.05, 3.63) is 0 Å². The standard InChI is InChI=1S/C7H9O3P/c1-4-5-10-6(8)7(2,3)11-9/h1H,5H2,2-3H3. The Bertz CT molecular complexity index is 202. The first-order valence-corrected chi connectivity index (χ1v) is 3.81. The Morgan fingerprint density at radius 2 is 2.27 bits per heavy atom. The summed E-state index contributed by atoms with van der Waals surface area (Å²) >= 11 is 0. The van der Waals surface area contributed by atoms with Crippen molar-refractivity contribution < 1.29 is 14.1 Å². The minimum atomic E-state index is -0.989. The van der Waals surface area contributed by atoms with Gasteiger partial charge in [0.1, 0.15) is 5.16 Å². The average molecular weight is 172 g/mol. The number of esters is 1. The molecule has 11 heavy (non-hydrogen) atoms. The molecular formula is C7H9O3P. The highest BCUT2D eigenvalue weighted by Gasteiger charge is 2.29. The molecule has 0 fully saturated rings. The molecule has 0 bridgehead atoms. The van der Waals surface area contributed by atoms with Gasteiger partial charge in [-0.3, -0.25) is 9.36 Å². The zero-order valence-corrected chi connectivity index (χ0v) is 7.35. The van der Waals surface area contributed by atoms with Crippen molar-refractivity contribution in [2.24, 2.45) is 0 Å². The molecule has 0 aromatic carbocycles. The molecule has 0 rings (SSSR count). The maximum atomic E-state index is 10.9. The van der Waals surface area contributed by atoms with Crippen LogP contribution < -0.4 is 0 Å². The first kappa shape index (κ1) is 10.1. The average Bonchev–Trinajstić information content (AvgIpc) is 2.00. The highest BCUT2D eigenvalue weighted by atomic mass is 31.1. The molecule has 0 aromatic heterocycles. The SMILES string of the molecule is C#CCOC(=O)C(C)(C)P=O.